The van der Waals surface area contributed by atoms with Crippen molar-refractivity contribution in [3.8, 4) is 11.6 Å². The van der Waals surface area contributed by atoms with Crippen LogP contribution in [0, 0.1) is 6.92 Å². The van der Waals surface area contributed by atoms with Crippen molar-refractivity contribution >= 4 is 34.7 Å². The van der Waals surface area contributed by atoms with E-state index in [4.69, 9.17) is 11.6 Å². The fraction of sp³-hybridized carbons (Fsp3) is 0.182. The van der Waals surface area contributed by atoms with Gasteiger partial charge in [-0.2, -0.15) is 9.67 Å². The van der Waals surface area contributed by atoms with E-state index in [1.54, 1.807) is 80.2 Å². The first-order valence-corrected chi connectivity index (χ1v) is 9.80. The van der Waals surface area contributed by atoms with Crippen molar-refractivity contribution in [1.29, 1.82) is 0 Å². The Morgan fingerprint density at radius 1 is 1.07 bits per heavy atom. The Labute approximate surface area is 178 Å². The summed E-state index contributed by atoms with van der Waals surface area (Å²) < 4.78 is 2.76. The molecule has 0 bridgehead atoms. The highest BCUT2D eigenvalue weighted by atomic mass is 35.5. The number of pyridine rings is 1. The van der Waals surface area contributed by atoms with Crippen LogP contribution >= 0.6 is 11.6 Å². The Kier molecular flexibility index (Phi) is 4.91. The van der Waals surface area contributed by atoms with Crippen LogP contribution in [0.3, 0.4) is 0 Å². The molecule has 0 saturated heterocycles. The second kappa shape index (κ2) is 7.42. The molecule has 0 aliphatic carbocycles. The largest absolute Gasteiger partial charge is 0.858 e. The highest BCUT2D eigenvalue weighted by molar-refractivity contribution is 6.45. The van der Waals surface area contributed by atoms with E-state index >= 15 is 0 Å². The van der Waals surface area contributed by atoms with Crippen molar-refractivity contribution in [2.24, 2.45) is 0 Å². The fourth-order valence-corrected chi connectivity index (χ4v) is 3.78. The van der Waals surface area contributed by atoms with Crippen molar-refractivity contribution in [3.05, 3.63) is 71.1 Å². The van der Waals surface area contributed by atoms with E-state index in [0.29, 0.717) is 16.4 Å². The average molecular weight is 423 g/mol. The molecule has 4 rings (SSSR count). The first-order chi connectivity index (χ1) is 14.3. The number of aryl methyl sites for hydroxylation is 1. The van der Waals surface area contributed by atoms with Gasteiger partial charge in [0.2, 0.25) is 0 Å². The maximum atomic E-state index is 13.3. The third-order valence-corrected chi connectivity index (χ3v) is 5.14. The summed E-state index contributed by atoms with van der Waals surface area (Å²) in [5, 5.41) is 18.1. The van der Waals surface area contributed by atoms with Crippen LogP contribution in [0.4, 0.5) is 0 Å². The summed E-state index contributed by atoms with van der Waals surface area (Å²) in [6.07, 6.45) is 3.34. The van der Waals surface area contributed by atoms with Gasteiger partial charge in [0, 0.05) is 28.8 Å². The van der Waals surface area contributed by atoms with Gasteiger partial charge in [-0.15, -0.1) is 0 Å². The van der Waals surface area contributed by atoms with E-state index in [1.165, 1.54) is 9.58 Å². The molecule has 0 radical (unpaired) electrons. The average Bonchev–Trinajstić information content (AvgIpc) is 3.14. The van der Waals surface area contributed by atoms with Crippen molar-refractivity contribution in [3.63, 3.8) is 0 Å². The van der Waals surface area contributed by atoms with Crippen molar-refractivity contribution in [1.82, 2.24) is 14.7 Å². The number of amides is 2. The van der Waals surface area contributed by atoms with Gasteiger partial charge in [0.25, 0.3) is 11.6 Å². The number of aromatic nitrogens is 3. The molecule has 30 heavy (non-hydrogen) atoms. The zero-order chi connectivity index (χ0) is 21.6. The van der Waals surface area contributed by atoms with Gasteiger partial charge in [-0.05, 0) is 44.9 Å². The number of carbonyl (C=O) groups is 2. The molecule has 1 aromatic carbocycles. The zero-order valence-electron chi connectivity index (χ0n) is 16.7. The van der Waals surface area contributed by atoms with Gasteiger partial charge < -0.3 is 5.11 Å². The Morgan fingerprint density at radius 3 is 2.40 bits per heavy atom. The van der Waals surface area contributed by atoms with Gasteiger partial charge in [-0.1, -0.05) is 23.7 Å². The zero-order valence-corrected chi connectivity index (χ0v) is 17.4. The minimum atomic E-state index is -0.507. The summed E-state index contributed by atoms with van der Waals surface area (Å²) in [6, 6.07) is 11.7. The molecule has 2 aromatic heterocycles. The van der Waals surface area contributed by atoms with Gasteiger partial charge in [0.1, 0.15) is 5.57 Å². The maximum Gasteiger partial charge on any atom is 0.327 e. The molecule has 0 unspecified atom stereocenters. The lowest BCUT2D eigenvalue weighted by molar-refractivity contribution is -0.576. The predicted molar refractivity (Wildman–Crippen MR) is 109 cm³/mol. The van der Waals surface area contributed by atoms with E-state index in [1.807, 2.05) is 0 Å². The molecule has 7 nitrogen and oxygen atoms in total. The Balaban J connectivity index is 1.98. The van der Waals surface area contributed by atoms with Crippen LogP contribution in [0.25, 0.3) is 17.0 Å². The molecule has 3 aromatic rings. The minimum Gasteiger partial charge on any atom is -0.858 e. The Morgan fingerprint density at radius 2 is 1.77 bits per heavy atom. The Bertz CT molecular complexity index is 1200. The van der Waals surface area contributed by atoms with Crippen LogP contribution in [0.2, 0.25) is 5.02 Å². The van der Waals surface area contributed by atoms with Gasteiger partial charge in [0.05, 0.1) is 11.4 Å². The number of carbonyl (C=O) groups excluding carboxylic acids is 2. The lowest BCUT2D eigenvalue weighted by Crippen LogP contribution is -2.42. The number of imide groups is 1. The standard InChI is InChI=1S/C22H19ClN4O3/c1-13(2)26-20(28)18(19(22(26)30)25-10-5-4-6-11-25)17-14(3)24-27(21(17)29)16-9-7-8-15(23)12-16/h4-13H,1-3H3. The van der Waals surface area contributed by atoms with Gasteiger partial charge in [-0.25, -0.2) is 4.68 Å². The van der Waals surface area contributed by atoms with Crippen molar-refractivity contribution < 1.29 is 19.3 Å². The second-order valence-electron chi connectivity index (χ2n) is 7.24. The summed E-state index contributed by atoms with van der Waals surface area (Å²) >= 11 is 6.06. The smallest absolute Gasteiger partial charge is 0.327 e. The number of benzene rings is 1. The van der Waals surface area contributed by atoms with Crippen LogP contribution in [0.1, 0.15) is 25.1 Å². The van der Waals surface area contributed by atoms with E-state index in [2.05, 4.69) is 5.10 Å². The van der Waals surface area contributed by atoms with E-state index < -0.39 is 17.7 Å². The summed E-state index contributed by atoms with van der Waals surface area (Å²) in [6.45, 7) is 5.16. The monoisotopic (exact) mass is 422 g/mol. The second-order valence-corrected chi connectivity index (χ2v) is 7.67. The third-order valence-electron chi connectivity index (χ3n) is 4.90. The van der Waals surface area contributed by atoms with Gasteiger partial charge >= 0.3 is 5.91 Å². The number of hydrogen-bond donors (Lipinski definition) is 0. The molecule has 0 saturated carbocycles. The summed E-state index contributed by atoms with van der Waals surface area (Å²) in [4.78, 5) is 27.6. The molecular formula is C22H19ClN4O3. The summed E-state index contributed by atoms with van der Waals surface area (Å²) in [5.74, 6) is -1.44. The molecule has 1 aliphatic rings. The van der Waals surface area contributed by atoms with Crippen molar-refractivity contribution in [2.75, 3.05) is 0 Å². The first-order valence-electron chi connectivity index (χ1n) is 9.43. The van der Waals surface area contributed by atoms with Gasteiger partial charge in [0.15, 0.2) is 12.4 Å². The summed E-state index contributed by atoms with van der Waals surface area (Å²) in [7, 11) is 0. The number of hydrogen-bond acceptors (Lipinski definition) is 4. The lowest BCUT2D eigenvalue weighted by Gasteiger charge is -2.18. The molecule has 3 heterocycles. The normalized spacial score (nSPS) is 14.4. The molecule has 2 amide bonds. The summed E-state index contributed by atoms with van der Waals surface area (Å²) in [5.41, 5.74) is 1.15. The number of nitrogens with zero attached hydrogens (tertiary/aromatic N) is 4. The molecular weight excluding hydrogens is 404 g/mol. The van der Waals surface area contributed by atoms with Gasteiger partial charge in [-0.3, -0.25) is 14.5 Å². The molecule has 0 N–H and O–H groups in total. The lowest BCUT2D eigenvalue weighted by atomic mass is 10.0. The fourth-order valence-electron chi connectivity index (χ4n) is 3.59. The van der Waals surface area contributed by atoms with Crippen LogP contribution in [-0.4, -0.2) is 32.5 Å². The van der Waals surface area contributed by atoms with Crippen molar-refractivity contribution in [2.45, 2.75) is 26.8 Å². The van der Waals surface area contributed by atoms with E-state index in [0.717, 1.165) is 0 Å². The quantitative estimate of drug-likeness (QED) is 0.477. The molecule has 0 atom stereocenters. The maximum absolute atomic E-state index is 13.3. The SMILES string of the molecule is Cc1nn(-c2cccc(Cl)c2)c([O-])c1C1=C([n+]2ccccc2)C(=O)N(C(C)C)C1=O. The predicted octanol–water partition coefficient (Wildman–Crippen LogP) is 2.34. The molecule has 0 spiro atoms. The molecule has 1 aliphatic heterocycles. The molecule has 8 heteroatoms. The van der Waals surface area contributed by atoms with Crippen LogP contribution < -0.4 is 9.67 Å². The number of halogens is 1. The molecule has 0 fully saturated rings. The molecule has 152 valence electrons. The topological polar surface area (TPSA) is 82.1 Å². The number of rotatable bonds is 4. The minimum absolute atomic E-state index is 0.0562. The Hall–Kier alpha value is -3.45. The van der Waals surface area contributed by atoms with Crippen LogP contribution in [-0.2, 0) is 9.59 Å². The highest BCUT2D eigenvalue weighted by Crippen LogP contribution is 2.37. The first kappa shape index (κ1) is 19.8. The van der Waals surface area contributed by atoms with Crippen LogP contribution in [0.5, 0.6) is 5.88 Å². The third kappa shape index (κ3) is 3.07. The highest BCUT2D eigenvalue weighted by Gasteiger charge is 2.47. The van der Waals surface area contributed by atoms with E-state index in [-0.39, 0.29) is 22.9 Å². The van der Waals surface area contributed by atoms with Crippen LogP contribution in [0.15, 0.2) is 54.9 Å². The van der Waals surface area contributed by atoms with E-state index in [9.17, 15) is 14.7 Å².